The van der Waals surface area contributed by atoms with Gasteiger partial charge in [0.1, 0.15) is 4.90 Å². The Bertz CT molecular complexity index is 593. The Labute approximate surface area is 139 Å². The minimum absolute atomic E-state index is 0. The molecule has 0 radical (unpaired) electrons. The van der Waals surface area contributed by atoms with Crippen LogP contribution in [0.3, 0.4) is 0 Å². The Kier molecular flexibility index (Phi) is 5.92. The van der Waals surface area contributed by atoms with E-state index >= 15 is 0 Å². The quantitative estimate of drug-likeness (QED) is 0.793. The molecule has 0 aromatic heterocycles. The first kappa shape index (κ1) is 18.2. The van der Waals surface area contributed by atoms with Crippen LogP contribution in [0.1, 0.15) is 19.8 Å². The fourth-order valence-corrected chi connectivity index (χ4v) is 4.57. The van der Waals surface area contributed by atoms with Crippen molar-refractivity contribution >= 4 is 50.0 Å². The molecule has 1 fully saturated rings. The molecule has 1 aliphatic carbocycles. The molecule has 3 N–H and O–H groups in total. The molecule has 0 spiro atoms. The van der Waals surface area contributed by atoms with E-state index in [0.717, 1.165) is 12.8 Å². The number of nitrogens with one attached hydrogen (secondary N) is 1. The SMILES string of the molecule is CC(CN)(NS(=O)(=O)c1cccc(Br)c1Cl)C1CC1.Cl. The predicted molar refractivity (Wildman–Crippen MR) is 86.9 cm³/mol. The summed E-state index contributed by atoms with van der Waals surface area (Å²) in [5.74, 6) is 0.304. The molecule has 8 heteroatoms. The van der Waals surface area contributed by atoms with Crippen LogP contribution in [-0.2, 0) is 10.0 Å². The summed E-state index contributed by atoms with van der Waals surface area (Å²) in [6.45, 7) is 2.11. The van der Waals surface area contributed by atoms with Gasteiger partial charge in [-0.05, 0) is 53.7 Å². The number of halogens is 3. The maximum atomic E-state index is 12.4. The Morgan fingerprint density at radius 1 is 1.50 bits per heavy atom. The Morgan fingerprint density at radius 3 is 2.60 bits per heavy atom. The summed E-state index contributed by atoms with van der Waals surface area (Å²) in [6.07, 6.45) is 2.00. The van der Waals surface area contributed by atoms with Crippen LogP contribution in [0.15, 0.2) is 27.6 Å². The number of benzene rings is 1. The van der Waals surface area contributed by atoms with Gasteiger partial charge in [0.15, 0.2) is 0 Å². The molecule has 1 atom stereocenters. The lowest BCUT2D eigenvalue weighted by Gasteiger charge is -2.29. The van der Waals surface area contributed by atoms with Crippen molar-refractivity contribution < 1.29 is 8.42 Å². The molecule has 4 nitrogen and oxygen atoms in total. The van der Waals surface area contributed by atoms with Gasteiger partial charge in [-0.3, -0.25) is 0 Å². The predicted octanol–water partition coefficient (Wildman–Crippen LogP) is 2.93. The molecule has 20 heavy (non-hydrogen) atoms. The van der Waals surface area contributed by atoms with Crippen molar-refractivity contribution in [3.63, 3.8) is 0 Å². The molecule has 0 saturated heterocycles. The highest BCUT2D eigenvalue weighted by molar-refractivity contribution is 9.10. The monoisotopic (exact) mass is 402 g/mol. The number of hydrogen-bond acceptors (Lipinski definition) is 3. The van der Waals surface area contributed by atoms with E-state index in [1.807, 2.05) is 6.92 Å². The van der Waals surface area contributed by atoms with Crippen molar-refractivity contribution in [3.8, 4) is 0 Å². The van der Waals surface area contributed by atoms with Crippen LogP contribution in [0.2, 0.25) is 5.02 Å². The van der Waals surface area contributed by atoms with Crippen LogP contribution in [0.4, 0.5) is 0 Å². The van der Waals surface area contributed by atoms with Crippen molar-refractivity contribution in [2.24, 2.45) is 11.7 Å². The van der Waals surface area contributed by atoms with Crippen LogP contribution >= 0.6 is 39.9 Å². The van der Waals surface area contributed by atoms with E-state index in [1.165, 1.54) is 6.07 Å². The summed E-state index contributed by atoms with van der Waals surface area (Å²) >= 11 is 9.28. The third-order valence-electron chi connectivity index (χ3n) is 3.48. The van der Waals surface area contributed by atoms with Gasteiger partial charge in [-0.15, -0.1) is 12.4 Å². The first-order valence-electron chi connectivity index (χ1n) is 5.98. The van der Waals surface area contributed by atoms with Crippen LogP contribution in [0.5, 0.6) is 0 Å². The lowest BCUT2D eigenvalue weighted by atomic mass is 9.98. The zero-order valence-electron chi connectivity index (χ0n) is 10.9. The molecule has 0 heterocycles. The molecule has 0 amide bonds. The van der Waals surface area contributed by atoms with Gasteiger partial charge < -0.3 is 5.73 Å². The van der Waals surface area contributed by atoms with E-state index in [4.69, 9.17) is 17.3 Å². The highest BCUT2D eigenvalue weighted by Crippen LogP contribution is 2.40. The lowest BCUT2D eigenvalue weighted by molar-refractivity contribution is 0.374. The van der Waals surface area contributed by atoms with Crippen molar-refractivity contribution in [2.75, 3.05) is 6.54 Å². The van der Waals surface area contributed by atoms with Gasteiger partial charge in [-0.1, -0.05) is 17.7 Å². The van der Waals surface area contributed by atoms with Gasteiger partial charge in [0.2, 0.25) is 10.0 Å². The molecule has 1 unspecified atom stereocenters. The second-order valence-corrected chi connectivity index (χ2v) is 7.94. The highest BCUT2D eigenvalue weighted by atomic mass is 79.9. The van der Waals surface area contributed by atoms with Crippen molar-refractivity contribution in [1.29, 1.82) is 0 Å². The first-order chi connectivity index (χ1) is 8.80. The normalized spacial score (nSPS) is 18.2. The third-order valence-corrected chi connectivity index (χ3v) is 6.54. The summed E-state index contributed by atoms with van der Waals surface area (Å²) in [4.78, 5) is 0.0730. The van der Waals surface area contributed by atoms with Crippen molar-refractivity contribution in [2.45, 2.75) is 30.2 Å². The van der Waals surface area contributed by atoms with Gasteiger partial charge in [0.25, 0.3) is 0 Å². The fourth-order valence-electron chi connectivity index (χ4n) is 2.07. The van der Waals surface area contributed by atoms with E-state index in [1.54, 1.807) is 12.1 Å². The summed E-state index contributed by atoms with van der Waals surface area (Å²) in [7, 11) is -3.68. The largest absolute Gasteiger partial charge is 0.329 e. The molecule has 2 rings (SSSR count). The molecule has 0 aliphatic heterocycles. The molecular weight excluding hydrogens is 387 g/mol. The second-order valence-electron chi connectivity index (χ2n) is 5.05. The Morgan fingerprint density at radius 2 is 2.10 bits per heavy atom. The first-order valence-corrected chi connectivity index (χ1v) is 8.63. The fraction of sp³-hybridized carbons (Fsp3) is 0.500. The minimum Gasteiger partial charge on any atom is -0.329 e. The molecular formula is C12H17BrCl2N2O2S. The number of sulfonamides is 1. The minimum atomic E-state index is -3.68. The maximum Gasteiger partial charge on any atom is 0.242 e. The van der Waals surface area contributed by atoms with E-state index < -0.39 is 15.6 Å². The molecule has 1 saturated carbocycles. The molecule has 1 aliphatic rings. The van der Waals surface area contributed by atoms with E-state index in [0.29, 0.717) is 10.4 Å². The average molecular weight is 404 g/mol. The van der Waals surface area contributed by atoms with Gasteiger partial charge in [0, 0.05) is 16.6 Å². The van der Waals surface area contributed by atoms with Crippen LogP contribution in [-0.4, -0.2) is 20.5 Å². The molecule has 114 valence electrons. The number of rotatable bonds is 5. The van der Waals surface area contributed by atoms with E-state index in [2.05, 4.69) is 20.7 Å². The summed E-state index contributed by atoms with van der Waals surface area (Å²) in [5, 5.41) is 0.185. The van der Waals surface area contributed by atoms with E-state index in [9.17, 15) is 8.42 Å². The average Bonchev–Trinajstić information content (AvgIpc) is 3.16. The molecule has 1 aromatic carbocycles. The van der Waals surface area contributed by atoms with Gasteiger partial charge >= 0.3 is 0 Å². The number of hydrogen-bond donors (Lipinski definition) is 2. The molecule has 0 bridgehead atoms. The third kappa shape index (κ3) is 3.67. The zero-order chi connectivity index (χ0) is 14.3. The van der Waals surface area contributed by atoms with Gasteiger partial charge in [0.05, 0.1) is 5.02 Å². The molecule has 1 aromatic rings. The second kappa shape index (κ2) is 6.50. The summed E-state index contributed by atoms with van der Waals surface area (Å²) in [5.41, 5.74) is 5.13. The van der Waals surface area contributed by atoms with Gasteiger partial charge in [-0.2, -0.15) is 0 Å². The van der Waals surface area contributed by atoms with Crippen molar-refractivity contribution in [3.05, 3.63) is 27.7 Å². The highest BCUT2D eigenvalue weighted by Gasteiger charge is 2.43. The topological polar surface area (TPSA) is 72.2 Å². The summed E-state index contributed by atoms with van der Waals surface area (Å²) < 4.78 is 28.1. The zero-order valence-corrected chi connectivity index (χ0v) is 14.9. The van der Waals surface area contributed by atoms with Gasteiger partial charge in [-0.25, -0.2) is 13.1 Å². The smallest absolute Gasteiger partial charge is 0.242 e. The standard InChI is InChI=1S/C12H16BrClN2O2S.ClH/c1-12(7-15,8-5-6-8)16-19(17,18)10-4-2-3-9(13)11(10)14;/h2-4,8,16H,5-7,15H2,1H3;1H. The van der Waals surface area contributed by atoms with Crippen LogP contribution in [0.25, 0.3) is 0 Å². The van der Waals surface area contributed by atoms with Crippen molar-refractivity contribution in [1.82, 2.24) is 4.72 Å². The Balaban J connectivity index is 0.00000200. The lowest BCUT2D eigenvalue weighted by Crippen LogP contribution is -2.53. The van der Waals surface area contributed by atoms with Crippen LogP contribution < -0.4 is 10.5 Å². The summed E-state index contributed by atoms with van der Waals surface area (Å²) in [6, 6.07) is 4.82. The van der Waals surface area contributed by atoms with E-state index in [-0.39, 0.29) is 28.9 Å². The van der Waals surface area contributed by atoms with Crippen LogP contribution in [0, 0.1) is 5.92 Å². The maximum absolute atomic E-state index is 12.4. The Hall–Kier alpha value is 0.150. The number of nitrogens with two attached hydrogens (primary N) is 1.